The molecule has 3 heterocycles. The fourth-order valence-electron chi connectivity index (χ4n) is 2.41. The third-order valence-corrected chi connectivity index (χ3v) is 4.38. The highest BCUT2D eigenvalue weighted by molar-refractivity contribution is 7.13. The number of piperazine rings is 1. The molecule has 1 saturated heterocycles. The minimum atomic E-state index is -0.324. The fraction of sp³-hybridized carbons (Fsp3) is 0.400. The summed E-state index contributed by atoms with van der Waals surface area (Å²) in [6.07, 6.45) is 3.42. The van der Waals surface area contributed by atoms with Crippen molar-refractivity contribution in [3.63, 3.8) is 0 Å². The average molecular weight is 318 g/mol. The second-order valence-electron chi connectivity index (χ2n) is 4.91. The molecule has 0 aromatic carbocycles. The molecule has 0 bridgehead atoms. The zero-order chi connectivity index (χ0) is 15.4. The van der Waals surface area contributed by atoms with Crippen molar-refractivity contribution in [2.75, 3.05) is 42.6 Å². The van der Waals surface area contributed by atoms with Crippen molar-refractivity contribution in [1.29, 1.82) is 0 Å². The average Bonchev–Trinajstić information content (AvgIpc) is 3.10. The van der Waals surface area contributed by atoms with Crippen molar-refractivity contribution < 1.29 is 9.53 Å². The molecule has 3 rings (SSSR count). The summed E-state index contributed by atoms with van der Waals surface area (Å²) in [5.74, 6) is 0.571. The molecule has 0 radical (unpaired) electrons. The smallest absolute Gasteiger partial charge is 0.339 e. The zero-order valence-corrected chi connectivity index (χ0v) is 13.3. The molecule has 0 aliphatic carbocycles. The van der Waals surface area contributed by atoms with Gasteiger partial charge in [-0.3, -0.25) is 0 Å². The van der Waals surface area contributed by atoms with E-state index in [-0.39, 0.29) is 5.97 Å². The Morgan fingerprint density at radius 1 is 1.23 bits per heavy atom. The van der Waals surface area contributed by atoms with E-state index in [0.29, 0.717) is 12.2 Å². The van der Waals surface area contributed by atoms with E-state index in [9.17, 15) is 4.79 Å². The number of ether oxygens (including phenoxy) is 1. The number of carbonyl (C=O) groups excluding carboxylic acids is 1. The molecule has 1 aliphatic heterocycles. The van der Waals surface area contributed by atoms with E-state index in [1.165, 1.54) is 0 Å². The Balaban J connectivity index is 1.60. The molecule has 0 amide bonds. The number of esters is 1. The van der Waals surface area contributed by atoms with Crippen LogP contribution in [0.25, 0.3) is 0 Å². The van der Waals surface area contributed by atoms with Crippen molar-refractivity contribution in [2.45, 2.75) is 6.92 Å². The molecule has 0 atom stereocenters. The first kappa shape index (κ1) is 14.8. The SMILES string of the molecule is CCOC(=O)c1ccc(N2CCN(c3nccs3)CC2)nc1. The summed E-state index contributed by atoms with van der Waals surface area (Å²) >= 11 is 1.67. The first-order chi connectivity index (χ1) is 10.8. The van der Waals surface area contributed by atoms with E-state index < -0.39 is 0 Å². The van der Waals surface area contributed by atoms with Crippen LogP contribution in [0.3, 0.4) is 0 Å². The van der Waals surface area contributed by atoms with Crippen LogP contribution in [0, 0.1) is 0 Å². The number of hydrogen-bond acceptors (Lipinski definition) is 7. The summed E-state index contributed by atoms with van der Waals surface area (Å²) in [7, 11) is 0. The van der Waals surface area contributed by atoms with Crippen molar-refractivity contribution >= 4 is 28.3 Å². The van der Waals surface area contributed by atoms with Gasteiger partial charge in [0.25, 0.3) is 0 Å². The number of aromatic nitrogens is 2. The third kappa shape index (κ3) is 3.19. The van der Waals surface area contributed by atoms with Crippen LogP contribution in [0.2, 0.25) is 0 Å². The van der Waals surface area contributed by atoms with E-state index in [4.69, 9.17) is 4.74 Å². The maximum absolute atomic E-state index is 11.6. The Kier molecular flexibility index (Phi) is 4.53. The van der Waals surface area contributed by atoms with Crippen molar-refractivity contribution in [1.82, 2.24) is 9.97 Å². The topological polar surface area (TPSA) is 58.6 Å². The number of thiazole rings is 1. The number of hydrogen-bond donors (Lipinski definition) is 0. The van der Waals surface area contributed by atoms with E-state index in [2.05, 4.69) is 19.8 Å². The summed E-state index contributed by atoms with van der Waals surface area (Å²) < 4.78 is 4.96. The maximum atomic E-state index is 11.6. The lowest BCUT2D eigenvalue weighted by Gasteiger charge is -2.35. The highest BCUT2D eigenvalue weighted by Gasteiger charge is 2.19. The molecule has 0 N–H and O–H groups in total. The molecule has 0 spiro atoms. The summed E-state index contributed by atoms with van der Waals surface area (Å²) in [6.45, 7) is 5.81. The Bertz CT molecular complexity index is 607. The Morgan fingerprint density at radius 3 is 2.59 bits per heavy atom. The van der Waals surface area contributed by atoms with E-state index in [0.717, 1.165) is 37.1 Å². The molecule has 7 heteroatoms. The zero-order valence-electron chi connectivity index (χ0n) is 12.4. The molecule has 2 aromatic rings. The van der Waals surface area contributed by atoms with Crippen LogP contribution in [0.5, 0.6) is 0 Å². The van der Waals surface area contributed by atoms with Gasteiger partial charge >= 0.3 is 5.97 Å². The van der Waals surface area contributed by atoms with Gasteiger partial charge in [0, 0.05) is 44.0 Å². The first-order valence-electron chi connectivity index (χ1n) is 7.30. The lowest BCUT2D eigenvalue weighted by molar-refractivity contribution is 0.0526. The number of anilines is 2. The van der Waals surface area contributed by atoms with Gasteiger partial charge in [0.2, 0.25) is 0 Å². The monoisotopic (exact) mass is 318 g/mol. The van der Waals surface area contributed by atoms with E-state index >= 15 is 0 Å². The lowest BCUT2D eigenvalue weighted by Crippen LogP contribution is -2.46. The summed E-state index contributed by atoms with van der Waals surface area (Å²) in [4.78, 5) is 24.9. The van der Waals surface area contributed by atoms with Crippen LogP contribution in [0.4, 0.5) is 10.9 Å². The van der Waals surface area contributed by atoms with Gasteiger partial charge in [-0.2, -0.15) is 0 Å². The quantitative estimate of drug-likeness (QED) is 0.804. The van der Waals surface area contributed by atoms with Crippen molar-refractivity contribution in [3.05, 3.63) is 35.5 Å². The molecular formula is C15H18N4O2S. The number of pyridine rings is 1. The highest BCUT2D eigenvalue weighted by atomic mass is 32.1. The Hall–Kier alpha value is -2.15. The van der Waals surface area contributed by atoms with Gasteiger partial charge in [-0.1, -0.05) is 0 Å². The normalized spacial score (nSPS) is 15.0. The predicted molar refractivity (Wildman–Crippen MR) is 86.7 cm³/mol. The van der Waals surface area contributed by atoms with Gasteiger partial charge in [0.05, 0.1) is 12.2 Å². The highest BCUT2D eigenvalue weighted by Crippen LogP contribution is 2.21. The fourth-order valence-corrected chi connectivity index (χ4v) is 3.10. The minimum Gasteiger partial charge on any atom is -0.462 e. The molecule has 1 aliphatic rings. The van der Waals surface area contributed by atoms with Crippen LogP contribution < -0.4 is 9.80 Å². The van der Waals surface area contributed by atoms with Gasteiger partial charge in [0.1, 0.15) is 5.82 Å². The summed E-state index contributed by atoms with van der Waals surface area (Å²) in [5.41, 5.74) is 0.493. The van der Waals surface area contributed by atoms with Crippen LogP contribution in [0.1, 0.15) is 17.3 Å². The van der Waals surface area contributed by atoms with E-state index in [1.807, 2.05) is 17.6 Å². The largest absolute Gasteiger partial charge is 0.462 e. The van der Waals surface area contributed by atoms with Crippen LogP contribution in [-0.4, -0.2) is 48.7 Å². The standard InChI is InChI=1S/C15H18N4O2S/c1-2-21-14(20)12-3-4-13(17-11-12)18-6-8-19(9-7-18)15-16-5-10-22-15/h3-5,10-11H,2,6-9H2,1H3. The Labute approximate surface area is 133 Å². The van der Waals surface area contributed by atoms with Gasteiger partial charge in [-0.25, -0.2) is 14.8 Å². The summed E-state index contributed by atoms with van der Waals surface area (Å²) in [5, 5.41) is 3.07. The first-order valence-corrected chi connectivity index (χ1v) is 8.18. The van der Waals surface area contributed by atoms with E-state index in [1.54, 1.807) is 30.5 Å². The number of rotatable bonds is 4. The van der Waals surface area contributed by atoms with Crippen molar-refractivity contribution in [3.8, 4) is 0 Å². The van der Waals surface area contributed by atoms with Gasteiger partial charge in [-0.05, 0) is 19.1 Å². The Morgan fingerprint density at radius 2 is 2.00 bits per heavy atom. The van der Waals surface area contributed by atoms with Crippen LogP contribution in [0.15, 0.2) is 29.9 Å². The third-order valence-electron chi connectivity index (χ3n) is 3.55. The maximum Gasteiger partial charge on any atom is 0.339 e. The second kappa shape index (κ2) is 6.74. The van der Waals surface area contributed by atoms with Crippen LogP contribution >= 0.6 is 11.3 Å². The molecule has 0 saturated carbocycles. The lowest BCUT2D eigenvalue weighted by atomic mass is 10.2. The van der Waals surface area contributed by atoms with Gasteiger partial charge in [-0.15, -0.1) is 11.3 Å². The molecule has 116 valence electrons. The minimum absolute atomic E-state index is 0.324. The summed E-state index contributed by atoms with van der Waals surface area (Å²) in [6, 6.07) is 3.65. The molecule has 6 nitrogen and oxygen atoms in total. The van der Waals surface area contributed by atoms with Crippen LogP contribution in [-0.2, 0) is 4.74 Å². The molecule has 22 heavy (non-hydrogen) atoms. The number of carbonyl (C=O) groups is 1. The molecule has 0 unspecified atom stereocenters. The van der Waals surface area contributed by atoms with Gasteiger partial charge in [0.15, 0.2) is 5.13 Å². The molecule has 2 aromatic heterocycles. The second-order valence-corrected chi connectivity index (χ2v) is 5.79. The molecule has 1 fully saturated rings. The number of nitrogens with zero attached hydrogens (tertiary/aromatic N) is 4. The van der Waals surface area contributed by atoms with Gasteiger partial charge < -0.3 is 14.5 Å². The van der Waals surface area contributed by atoms with Crippen molar-refractivity contribution in [2.24, 2.45) is 0 Å². The predicted octanol–water partition coefficient (Wildman–Crippen LogP) is 2.04. The molecular weight excluding hydrogens is 300 g/mol.